The van der Waals surface area contributed by atoms with E-state index < -0.39 is 11.8 Å². The molecule has 8 nitrogen and oxygen atoms in total. The van der Waals surface area contributed by atoms with Crippen molar-refractivity contribution in [1.29, 1.82) is 10.5 Å². The Morgan fingerprint density at radius 2 is 1.92 bits per heavy atom. The number of nitrogens with zero attached hydrogens (tertiary/aromatic N) is 4. The van der Waals surface area contributed by atoms with Crippen LogP contribution in [0.25, 0.3) is 11.1 Å². The van der Waals surface area contributed by atoms with Gasteiger partial charge in [0, 0.05) is 41.7 Å². The number of carbonyl (C=O) groups excluding carboxylic acids is 1. The van der Waals surface area contributed by atoms with Gasteiger partial charge in [-0.1, -0.05) is 37.1 Å². The number of carboxylic acids is 1. The molecule has 2 heterocycles. The first-order valence-corrected chi connectivity index (χ1v) is 11.8. The highest BCUT2D eigenvalue weighted by Gasteiger charge is 2.21. The second-order valence-corrected chi connectivity index (χ2v) is 8.60. The van der Waals surface area contributed by atoms with Crippen LogP contribution in [0.1, 0.15) is 53.4 Å². The monoisotopic (exact) mass is 504 g/mol. The van der Waals surface area contributed by atoms with Gasteiger partial charge in [0.2, 0.25) is 5.78 Å². The highest BCUT2D eigenvalue weighted by molar-refractivity contribution is 6.32. The van der Waals surface area contributed by atoms with E-state index in [1.54, 1.807) is 18.3 Å². The summed E-state index contributed by atoms with van der Waals surface area (Å²) < 4.78 is 7.56. The van der Waals surface area contributed by atoms with Gasteiger partial charge in [-0.3, -0.25) is 4.79 Å². The second-order valence-electron chi connectivity index (χ2n) is 8.24. The van der Waals surface area contributed by atoms with E-state index in [0.717, 1.165) is 34.5 Å². The van der Waals surface area contributed by atoms with E-state index >= 15 is 0 Å². The van der Waals surface area contributed by atoms with Gasteiger partial charge in [-0.2, -0.15) is 10.5 Å². The number of benzene rings is 1. The molecule has 3 rings (SSSR count). The van der Waals surface area contributed by atoms with Crippen molar-refractivity contribution < 1.29 is 19.4 Å². The number of halogens is 1. The summed E-state index contributed by atoms with van der Waals surface area (Å²) in [6.07, 6.45) is 3.02. The van der Waals surface area contributed by atoms with Crippen molar-refractivity contribution in [3.05, 3.63) is 75.3 Å². The number of nitriles is 2. The van der Waals surface area contributed by atoms with Gasteiger partial charge in [0.25, 0.3) is 0 Å². The number of hydrogen-bond acceptors (Lipinski definition) is 6. The third-order valence-electron chi connectivity index (χ3n) is 5.81. The molecular weight excluding hydrogens is 480 g/mol. The molecule has 0 aliphatic carbocycles. The maximum atomic E-state index is 11.2. The summed E-state index contributed by atoms with van der Waals surface area (Å²) in [5.74, 6) is -2.40. The van der Waals surface area contributed by atoms with Crippen molar-refractivity contribution in [2.75, 3.05) is 6.61 Å². The van der Waals surface area contributed by atoms with Gasteiger partial charge in [0.15, 0.2) is 0 Å². The van der Waals surface area contributed by atoms with Crippen molar-refractivity contribution >= 4 is 23.4 Å². The van der Waals surface area contributed by atoms with Crippen LogP contribution in [0.4, 0.5) is 0 Å². The fourth-order valence-electron chi connectivity index (χ4n) is 4.06. The molecule has 0 amide bonds. The average molecular weight is 505 g/mol. The van der Waals surface area contributed by atoms with Gasteiger partial charge in [-0.05, 0) is 42.7 Å². The number of hydrogen-bond donors (Lipinski definition) is 1. The summed E-state index contributed by atoms with van der Waals surface area (Å²) in [4.78, 5) is 26.1. The molecule has 0 atom stereocenters. The number of ether oxygens (including phenoxy) is 1. The van der Waals surface area contributed by atoms with Crippen molar-refractivity contribution in [1.82, 2.24) is 9.55 Å². The summed E-state index contributed by atoms with van der Waals surface area (Å²) in [7, 11) is 0. The molecule has 1 N–H and O–H groups in total. The minimum absolute atomic E-state index is 0.0392. The van der Waals surface area contributed by atoms with Crippen LogP contribution in [0.15, 0.2) is 36.5 Å². The summed E-state index contributed by atoms with van der Waals surface area (Å²) in [5, 5.41) is 28.1. The molecule has 0 unspecified atom stereocenters. The summed E-state index contributed by atoms with van der Waals surface area (Å²) in [5.41, 5.74) is 6.22. The molecule has 0 spiro atoms. The first-order valence-electron chi connectivity index (χ1n) is 11.4. The standard InChI is InChI=1S/C27H25ClN4O4/c1-3-4-23-22(13-30)25(20-7-5-18(12-29)6-8-20)17(2)32(23)15-19-11-21(26(28)31-14-19)16-36-10-9-24(33)27(34)35/h5-8,11,14H,3-4,9-10,15-16H2,1-2H3,(H,34,35). The van der Waals surface area contributed by atoms with Crippen LogP contribution >= 0.6 is 11.6 Å². The van der Waals surface area contributed by atoms with Crippen LogP contribution in [0.5, 0.6) is 0 Å². The van der Waals surface area contributed by atoms with Crippen LogP contribution in [0.3, 0.4) is 0 Å². The number of pyridine rings is 1. The summed E-state index contributed by atoms with van der Waals surface area (Å²) >= 11 is 6.24. The molecule has 0 fully saturated rings. The number of carbonyl (C=O) groups is 2. The maximum Gasteiger partial charge on any atom is 0.372 e. The van der Waals surface area contributed by atoms with Crippen LogP contribution in [0, 0.1) is 29.6 Å². The Bertz CT molecular complexity index is 1360. The van der Waals surface area contributed by atoms with Crippen LogP contribution in [0.2, 0.25) is 5.15 Å². The fourth-order valence-corrected chi connectivity index (χ4v) is 4.22. The molecule has 0 bridgehead atoms. The largest absolute Gasteiger partial charge is 0.475 e. The van der Waals surface area contributed by atoms with E-state index in [4.69, 9.17) is 26.7 Å². The SMILES string of the molecule is CCCc1c(C#N)c(-c2ccc(C#N)cc2)c(C)n1Cc1cnc(Cl)c(COCCC(=O)C(=O)O)c1. The van der Waals surface area contributed by atoms with Crippen molar-refractivity contribution in [3.63, 3.8) is 0 Å². The Morgan fingerprint density at radius 1 is 1.19 bits per heavy atom. The van der Waals surface area contributed by atoms with E-state index in [2.05, 4.69) is 28.6 Å². The Kier molecular flexibility index (Phi) is 8.97. The van der Waals surface area contributed by atoms with Crippen molar-refractivity contribution in [2.24, 2.45) is 0 Å². The number of ketones is 1. The molecular formula is C27H25ClN4O4. The first kappa shape index (κ1) is 26.6. The Balaban J connectivity index is 1.91. The van der Waals surface area contributed by atoms with E-state index in [9.17, 15) is 14.9 Å². The first-order chi connectivity index (χ1) is 17.3. The lowest BCUT2D eigenvalue weighted by Gasteiger charge is -2.13. The van der Waals surface area contributed by atoms with E-state index in [0.29, 0.717) is 29.7 Å². The Labute approximate surface area is 214 Å². The lowest BCUT2D eigenvalue weighted by Crippen LogP contribution is -2.14. The lowest BCUT2D eigenvalue weighted by atomic mass is 9.99. The zero-order valence-electron chi connectivity index (χ0n) is 20.0. The molecule has 0 aliphatic rings. The fraction of sp³-hybridized carbons (Fsp3) is 0.296. The predicted molar refractivity (Wildman–Crippen MR) is 133 cm³/mol. The van der Waals surface area contributed by atoms with Gasteiger partial charge < -0.3 is 14.4 Å². The maximum absolute atomic E-state index is 11.2. The van der Waals surface area contributed by atoms with E-state index in [1.165, 1.54) is 0 Å². The Hall–Kier alpha value is -3.98. The second kappa shape index (κ2) is 12.1. The summed E-state index contributed by atoms with van der Waals surface area (Å²) in [6.45, 7) is 4.53. The molecule has 2 aromatic heterocycles. The van der Waals surface area contributed by atoms with Crippen LogP contribution in [-0.2, 0) is 33.9 Å². The molecule has 1 aromatic carbocycles. The summed E-state index contributed by atoms with van der Waals surface area (Å²) in [6, 6.07) is 13.6. The Morgan fingerprint density at radius 3 is 2.53 bits per heavy atom. The number of aliphatic carboxylic acids is 1. The highest BCUT2D eigenvalue weighted by atomic mass is 35.5. The molecule has 0 radical (unpaired) electrons. The zero-order chi connectivity index (χ0) is 26.2. The van der Waals surface area contributed by atoms with Gasteiger partial charge in [-0.15, -0.1) is 0 Å². The lowest BCUT2D eigenvalue weighted by molar-refractivity contribution is -0.149. The van der Waals surface area contributed by atoms with Gasteiger partial charge >= 0.3 is 5.97 Å². The van der Waals surface area contributed by atoms with Crippen molar-refractivity contribution in [3.8, 4) is 23.3 Å². The molecule has 0 aliphatic heterocycles. The minimum atomic E-state index is -1.48. The average Bonchev–Trinajstić information content (AvgIpc) is 3.13. The molecule has 9 heteroatoms. The molecule has 184 valence electrons. The van der Waals surface area contributed by atoms with Crippen molar-refractivity contribution in [2.45, 2.75) is 46.3 Å². The van der Waals surface area contributed by atoms with Gasteiger partial charge in [0.1, 0.15) is 11.2 Å². The number of Topliss-reactive ketones (excluding diaryl/α,β-unsaturated/α-hetero) is 1. The predicted octanol–water partition coefficient (Wildman–Crippen LogP) is 4.82. The molecule has 0 saturated carbocycles. The van der Waals surface area contributed by atoms with E-state index in [-0.39, 0.29) is 24.8 Å². The van der Waals surface area contributed by atoms with Crippen LogP contribution < -0.4 is 0 Å². The highest BCUT2D eigenvalue weighted by Crippen LogP contribution is 2.34. The van der Waals surface area contributed by atoms with Gasteiger partial charge in [0.05, 0.1) is 30.4 Å². The quantitative estimate of drug-likeness (QED) is 0.225. The smallest absolute Gasteiger partial charge is 0.372 e. The number of aromatic nitrogens is 2. The molecule has 3 aromatic rings. The topological polar surface area (TPSA) is 129 Å². The molecule has 0 saturated heterocycles. The zero-order valence-corrected chi connectivity index (χ0v) is 20.8. The normalized spacial score (nSPS) is 10.6. The van der Waals surface area contributed by atoms with E-state index in [1.807, 2.05) is 25.1 Å². The van der Waals surface area contributed by atoms with Gasteiger partial charge in [-0.25, -0.2) is 9.78 Å². The molecule has 36 heavy (non-hydrogen) atoms. The third-order valence-corrected chi connectivity index (χ3v) is 6.15. The minimum Gasteiger partial charge on any atom is -0.475 e. The third kappa shape index (κ3) is 5.98. The number of rotatable bonds is 11. The van der Waals surface area contributed by atoms with Crippen LogP contribution in [-0.4, -0.2) is 33.0 Å². The number of carboxylic acid groups (broad SMARTS) is 1.